The van der Waals surface area contributed by atoms with E-state index in [9.17, 15) is 28.7 Å². The Morgan fingerprint density at radius 3 is 1.75 bits per heavy atom. The van der Waals surface area contributed by atoms with E-state index in [1.165, 1.54) is 18.2 Å². The third kappa shape index (κ3) is 6.56. The molecular formula is C45H43ClFN5O5. The molecule has 1 aromatic heterocycles. The summed E-state index contributed by atoms with van der Waals surface area (Å²) in [4.78, 5) is 61.4. The van der Waals surface area contributed by atoms with Gasteiger partial charge in [0.2, 0.25) is 5.91 Å². The molecule has 2 atom stereocenters. The zero-order valence-electron chi connectivity index (χ0n) is 31.7. The Morgan fingerprint density at radius 2 is 1.19 bits per heavy atom. The summed E-state index contributed by atoms with van der Waals surface area (Å²) in [5.41, 5.74) is 3.20. The Hall–Kier alpha value is -5.52. The van der Waals surface area contributed by atoms with E-state index in [1.54, 1.807) is 43.9 Å². The number of hydrogen-bond acceptors (Lipinski definition) is 5. The number of carbonyl (C=O) groups is 4. The zero-order valence-corrected chi connectivity index (χ0v) is 32.4. The van der Waals surface area contributed by atoms with E-state index in [1.807, 2.05) is 43.4 Å². The van der Waals surface area contributed by atoms with Crippen LogP contribution in [0.5, 0.6) is 0 Å². The van der Waals surface area contributed by atoms with Crippen LogP contribution in [0.1, 0.15) is 40.0 Å². The SMILES string of the molecule is Cn1c(-c2ccc(C(=O)N3CCN(C(=O)C4(C5CC5(O)C(=O)N5CCN(C(=O)c6ccc(-c7cc(F)ccc7Cl)cc6)CC5)CC4)CC3)cc2)cc2ccccc21. The van der Waals surface area contributed by atoms with Crippen molar-refractivity contribution in [2.45, 2.75) is 24.9 Å². The minimum Gasteiger partial charge on any atom is -0.380 e. The molecule has 2 saturated carbocycles. The highest BCUT2D eigenvalue weighted by Crippen LogP contribution is 2.67. The maximum atomic E-state index is 14.0. The lowest BCUT2D eigenvalue weighted by atomic mass is 9.94. The predicted molar refractivity (Wildman–Crippen MR) is 215 cm³/mol. The van der Waals surface area contributed by atoms with Gasteiger partial charge in [0.25, 0.3) is 17.7 Å². The Morgan fingerprint density at radius 1 is 0.667 bits per heavy atom. The van der Waals surface area contributed by atoms with Crippen LogP contribution in [0.25, 0.3) is 33.3 Å². The van der Waals surface area contributed by atoms with Crippen LogP contribution < -0.4 is 0 Å². The molecule has 4 aliphatic rings. The van der Waals surface area contributed by atoms with Gasteiger partial charge in [0.05, 0.1) is 5.41 Å². The number of aryl methyl sites for hydroxylation is 1. The molecule has 4 amide bonds. The van der Waals surface area contributed by atoms with Crippen molar-refractivity contribution >= 4 is 46.1 Å². The number of piperazine rings is 2. The molecule has 3 heterocycles. The van der Waals surface area contributed by atoms with Gasteiger partial charge in [-0.1, -0.05) is 54.1 Å². The number of nitrogens with zero attached hydrogens (tertiary/aromatic N) is 5. The predicted octanol–water partition coefficient (Wildman–Crippen LogP) is 6.11. The van der Waals surface area contributed by atoms with Crippen LogP contribution in [-0.4, -0.2) is 111 Å². The van der Waals surface area contributed by atoms with Gasteiger partial charge >= 0.3 is 0 Å². The summed E-state index contributed by atoms with van der Waals surface area (Å²) in [5.74, 6) is -1.51. The van der Waals surface area contributed by atoms with Gasteiger partial charge in [0.1, 0.15) is 11.4 Å². The number of hydrogen-bond donors (Lipinski definition) is 1. The molecule has 5 aromatic rings. The van der Waals surface area contributed by atoms with Crippen molar-refractivity contribution in [2.24, 2.45) is 18.4 Å². The Balaban J connectivity index is 0.767. The first-order chi connectivity index (χ1) is 27.5. The molecule has 2 aliphatic carbocycles. The second-order valence-corrected chi connectivity index (χ2v) is 16.3. The van der Waals surface area contributed by atoms with Crippen LogP contribution in [0, 0.1) is 17.2 Å². The van der Waals surface area contributed by atoms with Gasteiger partial charge in [-0.2, -0.15) is 0 Å². The van der Waals surface area contributed by atoms with Crippen molar-refractivity contribution in [1.82, 2.24) is 24.2 Å². The number of para-hydroxylation sites is 1. The fourth-order valence-corrected chi connectivity index (χ4v) is 9.25. The molecule has 2 aliphatic heterocycles. The van der Waals surface area contributed by atoms with Crippen LogP contribution in [0.2, 0.25) is 5.02 Å². The van der Waals surface area contributed by atoms with E-state index >= 15 is 0 Å². The first-order valence-electron chi connectivity index (χ1n) is 19.6. The standard InChI is InChI=1S/C45H43ClFN5O5/c1-48-37-5-3-2-4-33(37)26-38(48)30-8-12-32(13-9-30)41(54)49-18-22-51(23-19-49)42(55)44(16-17-44)39-28-45(39,57)43(56)52-24-20-50(21-25-52)40(53)31-10-6-29(7-11-31)35-27-34(47)14-15-36(35)46/h2-15,26-27,39,57H,16-25,28H2,1H3. The molecule has 0 spiro atoms. The van der Waals surface area contributed by atoms with Crippen LogP contribution >= 0.6 is 11.6 Å². The van der Waals surface area contributed by atoms with Gasteiger partial charge < -0.3 is 29.3 Å². The number of benzene rings is 4. The molecule has 292 valence electrons. The van der Waals surface area contributed by atoms with Gasteiger partial charge in [-0.05, 0) is 85.0 Å². The topological polar surface area (TPSA) is 106 Å². The summed E-state index contributed by atoms with van der Waals surface area (Å²) in [5, 5.41) is 13.2. The molecule has 2 unspecified atom stereocenters. The fraction of sp³-hybridized carbons (Fsp3) is 0.333. The highest BCUT2D eigenvalue weighted by molar-refractivity contribution is 6.33. The van der Waals surface area contributed by atoms with E-state index < -0.39 is 22.8 Å². The van der Waals surface area contributed by atoms with Gasteiger partial charge in [-0.3, -0.25) is 19.2 Å². The Bertz CT molecular complexity index is 2410. The summed E-state index contributed by atoms with van der Waals surface area (Å²) >= 11 is 6.26. The highest BCUT2D eigenvalue weighted by atomic mass is 35.5. The number of halogens is 2. The van der Waals surface area contributed by atoms with E-state index in [0.29, 0.717) is 79.4 Å². The molecule has 9 rings (SSSR count). The Kier molecular flexibility index (Phi) is 9.20. The second kappa shape index (κ2) is 14.1. The zero-order chi connectivity index (χ0) is 39.6. The van der Waals surface area contributed by atoms with Gasteiger partial charge in [-0.15, -0.1) is 0 Å². The summed E-state index contributed by atoms with van der Waals surface area (Å²) in [7, 11) is 2.04. The number of fused-ring (bicyclic) bond motifs is 1. The van der Waals surface area contributed by atoms with Crippen LogP contribution in [0.3, 0.4) is 0 Å². The quantitative estimate of drug-likeness (QED) is 0.215. The lowest BCUT2D eigenvalue weighted by Crippen LogP contribution is -2.55. The van der Waals surface area contributed by atoms with Crippen LogP contribution in [-0.2, 0) is 16.6 Å². The van der Waals surface area contributed by atoms with Crippen molar-refractivity contribution in [1.29, 1.82) is 0 Å². The number of carbonyl (C=O) groups excluding carboxylic acids is 4. The summed E-state index contributed by atoms with van der Waals surface area (Å²) in [6, 6.07) is 29.0. The highest BCUT2D eigenvalue weighted by Gasteiger charge is 2.74. The first kappa shape index (κ1) is 37.1. The maximum Gasteiger partial charge on any atom is 0.254 e. The van der Waals surface area contributed by atoms with Crippen molar-refractivity contribution < 1.29 is 28.7 Å². The molecule has 57 heavy (non-hydrogen) atoms. The number of rotatable bonds is 7. The lowest BCUT2D eigenvalue weighted by molar-refractivity contribution is -0.147. The molecule has 4 aromatic carbocycles. The number of aromatic nitrogens is 1. The van der Waals surface area contributed by atoms with E-state index in [4.69, 9.17) is 11.6 Å². The number of aliphatic hydroxyl groups is 1. The van der Waals surface area contributed by atoms with Crippen molar-refractivity contribution in [2.75, 3.05) is 52.4 Å². The fourth-order valence-electron chi connectivity index (χ4n) is 9.03. The summed E-state index contributed by atoms with van der Waals surface area (Å²) in [6.45, 7) is 2.79. The lowest BCUT2D eigenvalue weighted by Gasteiger charge is -2.38. The van der Waals surface area contributed by atoms with Gasteiger partial charge in [0.15, 0.2) is 0 Å². The molecule has 1 N–H and O–H groups in total. The first-order valence-corrected chi connectivity index (χ1v) is 19.9. The summed E-state index contributed by atoms with van der Waals surface area (Å²) in [6.07, 6.45) is 1.49. The monoisotopic (exact) mass is 787 g/mol. The average molecular weight is 788 g/mol. The molecule has 0 bridgehead atoms. The molecule has 2 saturated heterocycles. The molecule has 0 radical (unpaired) electrons. The van der Waals surface area contributed by atoms with E-state index in [2.05, 4.69) is 22.8 Å². The smallest absolute Gasteiger partial charge is 0.254 e. The van der Waals surface area contributed by atoms with Crippen LogP contribution in [0.4, 0.5) is 4.39 Å². The second-order valence-electron chi connectivity index (χ2n) is 15.9. The average Bonchev–Trinajstić information content (AvgIpc) is 4.17. The maximum absolute atomic E-state index is 14.0. The van der Waals surface area contributed by atoms with Gasteiger partial charge in [0, 0.05) is 104 Å². The molecule has 4 fully saturated rings. The third-order valence-electron chi connectivity index (χ3n) is 12.6. The van der Waals surface area contributed by atoms with Crippen molar-refractivity contribution in [3.05, 3.63) is 119 Å². The number of amides is 4. The van der Waals surface area contributed by atoms with Crippen molar-refractivity contribution in [3.63, 3.8) is 0 Å². The largest absolute Gasteiger partial charge is 0.380 e. The summed E-state index contributed by atoms with van der Waals surface area (Å²) < 4.78 is 16.0. The third-order valence-corrected chi connectivity index (χ3v) is 13.0. The Labute approximate surface area is 335 Å². The van der Waals surface area contributed by atoms with E-state index in [-0.39, 0.29) is 43.1 Å². The molecule has 10 nitrogen and oxygen atoms in total. The van der Waals surface area contributed by atoms with Crippen LogP contribution in [0.15, 0.2) is 97.1 Å². The van der Waals surface area contributed by atoms with E-state index in [0.717, 1.165) is 22.2 Å². The van der Waals surface area contributed by atoms with Gasteiger partial charge in [-0.25, -0.2) is 4.39 Å². The molecule has 12 heteroatoms. The normalized spacial score (nSPS) is 21.4. The van der Waals surface area contributed by atoms with Crippen molar-refractivity contribution in [3.8, 4) is 22.4 Å². The minimum atomic E-state index is -1.59. The minimum absolute atomic E-state index is 0.0382. The molecular weight excluding hydrogens is 745 g/mol.